The first-order valence-corrected chi connectivity index (χ1v) is 9.04. The van der Waals surface area contributed by atoms with Gasteiger partial charge in [-0.25, -0.2) is 4.98 Å². The van der Waals surface area contributed by atoms with Crippen LogP contribution in [0.5, 0.6) is 0 Å². The maximum atomic E-state index is 12.8. The lowest BCUT2D eigenvalue weighted by molar-refractivity contribution is -0.137. The van der Waals surface area contributed by atoms with Gasteiger partial charge in [0, 0.05) is 24.6 Å². The Bertz CT molecular complexity index is 831. The van der Waals surface area contributed by atoms with Gasteiger partial charge in [0.1, 0.15) is 0 Å². The zero-order valence-electron chi connectivity index (χ0n) is 15.5. The molecular weight excluding hydrogens is 334 g/mol. The molecule has 1 saturated carbocycles. The molecule has 7 heteroatoms. The Balaban J connectivity index is 1.90. The van der Waals surface area contributed by atoms with Crippen LogP contribution in [0.25, 0.3) is 11.1 Å². The van der Waals surface area contributed by atoms with Gasteiger partial charge in [0.05, 0.1) is 16.6 Å². The van der Waals surface area contributed by atoms with E-state index in [4.69, 9.17) is 9.63 Å². The topological polar surface area (TPSA) is 105 Å². The maximum Gasteiger partial charge on any atom is 0.303 e. The first-order valence-electron chi connectivity index (χ1n) is 9.04. The molecule has 2 aromatic heterocycles. The minimum atomic E-state index is -0.868. The van der Waals surface area contributed by atoms with E-state index >= 15 is 0 Å². The Hall–Kier alpha value is -2.44. The SMILES string of the molecule is CC(C)(C)Cc1noc2nc(C3CC3)cc(C(=O)NCCCC(=O)O)c12. The monoisotopic (exact) mass is 359 g/mol. The van der Waals surface area contributed by atoms with Crippen LogP contribution in [0.1, 0.15) is 74.1 Å². The highest BCUT2D eigenvalue weighted by Crippen LogP contribution is 2.40. The molecule has 0 aromatic carbocycles. The van der Waals surface area contributed by atoms with Gasteiger partial charge in [-0.2, -0.15) is 0 Å². The van der Waals surface area contributed by atoms with E-state index in [1.54, 1.807) is 0 Å². The molecule has 2 aromatic rings. The molecule has 26 heavy (non-hydrogen) atoms. The van der Waals surface area contributed by atoms with Gasteiger partial charge in [-0.1, -0.05) is 25.9 Å². The highest BCUT2D eigenvalue weighted by Gasteiger charge is 2.29. The zero-order valence-corrected chi connectivity index (χ0v) is 15.5. The average molecular weight is 359 g/mol. The molecule has 0 saturated heterocycles. The number of amides is 1. The number of aromatic nitrogens is 2. The van der Waals surface area contributed by atoms with Crippen LogP contribution in [0.2, 0.25) is 0 Å². The second-order valence-corrected chi connectivity index (χ2v) is 8.17. The number of nitrogens with zero attached hydrogens (tertiary/aromatic N) is 2. The van der Waals surface area contributed by atoms with Crippen molar-refractivity contribution in [3.05, 3.63) is 23.0 Å². The van der Waals surface area contributed by atoms with E-state index in [0.29, 0.717) is 42.0 Å². The summed E-state index contributed by atoms with van der Waals surface area (Å²) >= 11 is 0. The summed E-state index contributed by atoms with van der Waals surface area (Å²) in [4.78, 5) is 27.9. The fraction of sp³-hybridized carbons (Fsp3) is 0.579. The average Bonchev–Trinajstić information content (AvgIpc) is 3.32. The van der Waals surface area contributed by atoms with Gasteiger partial charge in [0.15, 0.2) is 0 Å². The predicted octanol–water partition coefficient (Wildman–Crippen LogP) is 3.28. The van der Waals surface area contributed by atoms with Gasteiger partial charge in [-0.3, -0.25) is 9.59 Å². The Morgan fingerprint density at radius 3 is 2.69 bits per heavy atom. The number of aliphatic carboxylic acids is 1. The number of carboxylic acid groups (broad SMARTS) is 1. The molecule has 1 fully saturated rings. The summed E-state index contributed by atoms with van der Waals surface area (Å²) in [7, 11) is 0. The first-order chi connectivity index (χ1) is 12.2. The summed E-state index contributed by atoms with van der Waals surface area (Å²) in [6.45, 7) is 6.62. The summed E-state index contributed by atoms with van der Waals surface area (Å²) in [6, 6.07) is 1.84. The summed E-state index contributed by atoms with van der Waals surface area (Å²) in [5, 5.41) is 16.4. The number of pyridine rings is 1. The van der Waals surface area contributed by atoms with Gasteiger partial charge in [0.25, 0.3) is 11.6 Å². The molecular formula is C19H25N3O4. The van der Waals surface area contributed by atoms with Crippen LogP contribution in [0.4, 0.5) is 0 Å². The van der Waals surface area contributed by atoms with Crippen molar-refractivity contribution in [1.82, 2.24) is 15.5 Å². The smallest absolute Gasteiger partial charge is 0.303 e. The standard InChI is InChI=1S/C19H25N3O4/c1-19(2,3)10-14-16-12(17(25)20-8-4-5-15(23)24)9-13(11-6-7-11)21-18(16)26-22-14/h9,11H,4-8,10H2,1-3H3,(H,20,25)(H,23,24). The molecule has 1 aliphatic rings. The normalized spacial score (nSPS) is 14.6. The molecule has 1 aliphatic carbocycles. The number of carbonyl (C=O) groups is 2. The lowest BCUT2D eigenvalue weighted by atomic mass is 9.89. The number of hydrogen-bond acceptors (Lipinski definition) is 5. The summed E-state index contributed by atoms with van der Waals surface area (Å²) < 4.78 is 5.44. The molecule has 0 unspecified atom stereocenters. The van der Waals surface area contributed by atoms with Gasteiger partial charge in [-0.15, -0.1) is 0 Å². The highest BCUT2D eigenvalue weighted by atomic mass is 16.5. The molecule has 7 nitrogen and oxygen atoms in total. The van der Waals surface area contributed by atoms with E-state index in [2.05, 4.69) is 36.2 Å². The van der Waals surface area contributed by atoms with E-state index < -0.39 is 5.97 Å². The van der Waals surface area contributed by atoms with E-state index in [0.717, 1.165) is 24.2 Å². The number of hydrogen-bond donors (Lipinski definition) is 2. The van der Waals surface area contributed by atoms with E-state index in [-0.39, 0.29) is 17.7 Å². The molecule has 0 spiro atoms. The molecule has 0 aliphatic heterocycles. The largest absolute Gasteiger partial charge is 0.481 e. The highest BCUT2D eigenvalue weighted by molar-refractivity contribution is 6.06. The second kappa shape index (κ2) is 7.05. The minimum Gasteiger partial charge on any atom is -0.481 e. The molecule has 2 heterocycles. The maximum absolute atomic E-state index is 12.8. The lowest BCUT2D eigenvalue weighted by Gasteiger charge is -2.16. The number of carboxylic acids is 1. The number of nitrogens with one attached hydrogen (secondary N) is 1. The van der Waals surface area contributed by atoms with Gasteiger partial charge >= 0.3 is 5.97 Å². The molecule has 0 atom stereocenters. The molecule has 3 rings (SSSR count). The third-order valence-electron chi connectivity index (χ3n) is 4.33. The van der Waals surface area contributed by atoms with Crippen LogP contribution in [0, 0.1) is 5.41 Å². The molecule has 0 bridgehead atoms. The van der Waals surface area contributed by atoms with E-state index in [9.17, 15) is 9.59 Å². The summed E-state index contributed by atoms with van der Waals surface area (Å²) in [6.07, 6.45) is 3.23. The second-order valence-electron chi connectivity index (χ2n) is 8.17. The Morgan fingerprint density at radius 1 is 1.35 bits per heavy atom. The zero-order chi connectivity index (χ0) is 18.9. The predicted molar refractivity (Wildman–Crippen MR) is 96.1 cm³/mol. The number of fused-ring (bicyclic) bond motifs is 1. The fourth-order valence-corrected chi connectivity index (χ4v) is 2.96. The van der Waals surface area contributed by atoms with Crippen molar-refractivity contribution in [1.29, 1.82) is 0 Å². The third kappa shape index (κ3) is 4.39. The van der Waals surface area contributed by atoms with Crippen molar-refractivity contribution in [2.75, 3.05) is 6.54 Å². The van der Waals surface area contributed by atoms with Crippen molar-refractivity contribution in [3.8, 4) is 0 Å². The number of rotatable bonds is 7. The minimum absolute atomic E-state index is 0.00575. The van der Waals surface area contributed by atoms with E-state index in [1.165, 1.54) is 0 Å². The lowest BCUT2D eigenvalue weighted by Crippen LogP contribution is -2.25. The number of carbonyl (C=O) groups excluding carboxylic acids is 1. The Labute approximate surface area is 152 Å². The summed E-state index contributed by atoms with van der Waals surface area (Å²) in [5.41, 5.74) is 2.52. The molecule has 1 amide bonds. The van der Waals surface area contributed by atoms with Crippen molar-refractivity contribution in [3.63, 3.8) is 0 Å². The molecule has 2 N–H and O–H groups in total. The van der Waals surface area contributed by atoms with Crippen LogP contribution in [0.15, 0.2) is 10.6 Å². The van der Waals surface area contributed by atoms with Crippen LogP contribution < -0.4 is 5.32 Å². The Kier molecular flexibility index (Phi) is 4.98. The third-order valence-corrected chi connectivity index (χ3v) is 4.33. The van der Waals surface area contributed by atoms with Crippen molar-refractivity contribution in [2.45, 2.75) is 58.8 Å². The first kappa shape index (κ1) is 18.4. The quantitative estimate of drug-likeness (QED) is 0.735. The summed E-state index contributed by atoms with van der Waals surface area (Å²) in [5.74, 6) is -0.717. The van der Waals surface area contributed by atoms with E-state index in [1.807, 2.05) is 6.07 Å². The van der Waals surface area contributed by atoms with Crippen LogP contribution in [0.3, 0.4) is 0 Å². The van der Waals surface area contributed by atoms with Crippen molar-refractivity contribution < 1.29 is 19.2 Å². The molecule has 0 radical (unpaired) electrons. The molecule has 140 valence electrons. The van der Waals surface area contributed by atoms with Gasteiger partial charge in [0.2, 0.25) is 0 Å². The Morgan fingerprint density at radius 2 is 2.08 bits per heavy atom. The van der Waals surface area contributed by atoms with Crippen molar-refractivity contribution in [2.24, 2.45) is 5.41 Å². The van der Waals surface area contributed by atoms with Crippen LogP contribution in [-0.4, -0.2) is 33.7 Å². The van der Waals surface area contributed by atoms with Gasteiger partial charge in [-0.05, 0) is 37.2 Å². The van der Waals surface area contributed by atoms with Gasteiger partial charge < -0.3 is 14.9 Å². The van der Waals surface area contributed by atoms with Crippen molar-refractivity contribution >= 4 is 23.0 Å². The fourth-order valence-electron chi connectivity index (χ4n) is 2.96. The van der Waals surface area contributed by atoms with Crippen LogP contribution >= 0.6 is 0 Å². The van der Waals surface area contributed by atoms with Crippen LogP contribution in [-0.2, 0) is 11.2 Å².